The Morgan fingerprint density at radius 2 is 1.90 bits per heavy atom. The van der Waals surface area contributed by atoms with Crippen molar-refractivity contribution in [2.75, 3.05) is 31.1 Å². The van der Waals surface area contributed by atoms with Gasteiger partial charge in [0.05, 0.1) is 0 Å². The Kier molecular flexibility index (Phi) is 4.89. The summed E-state index contributed by atoms with van der Waals surface area (Å²) in [6.07, 6.45) is 4.33. The molecule has 110 valence electrons. The molecule has 6 nitrogen and oxygen atoms in total. The Morgan fingerprint density at radius 3 is 2.40 bits per heavy atom. The molecule has 1 N–H and O–H groups in total. The van der Waals surface area contributed by atoms with Crippen molar-refractivity contribution in [1.82, 2.24) is 14.9 Å². The molecule has 2 heterocycles. The first-order valence-corrected chi connectivity index (χ1v) is 7.12. The number of piperazine rings is 1. The Hall–Kier alpha value is -1.69. The van der Waals surface area contributed by atoms with Gasteiger partial charge in [-0.1, -0.05) is 20.3 Å². The van der Waals surface area contributed by atoms with Gasteiger partial charge in [0.15, 0.2) is 0 Å². The first kappa shape index (κ1) is 14.7. The van der Waals surface area contributed by atoms with Crippen LogP contribution < -0.4 is 4.90 Å². The maximum atomic E-state index is 11.5. The van der Waals surface area contributed by atoms with E-state index >= 15 is 0 Å². The molecule has 1 fully saturated rings. The van der Waals surface area contributed by atoms with Gasteiger partial charge in [-0.2, -0.15) is 0 Å². The molecule has 1 saturated heterocycles. The van der Waals surface area contributed by atoms with E-state index in [1.54, 1.807) is 18.5 Å². The molecule has 0 amide bonds. The highest BCUT2D eigenvalue weighted by molar-refractivity contribution is 5.73. The minimum atomic E-state index is -0.719. The van der Waals surface area contributed by atoms with Crippen LogP contribution in [0.15, 0.2) is 18.5 Å². The predicted molar refractivity (Wildman–Crippen MR) is 76.7 cm³/mol. The summed E-state index contributed by atoms with van der Waals surface area (Å²) in [7, 11) is 0. The molecular weight excluding hydrogens is 256 g/mol. The van der Waals surface area contributed by atoms with Crippen LogP contribution in [0.25, 0.3) is 0 Å². The predicted octanol–water partition coefficient (Wildman–Crippen LogP) is 1.10. The fourth-order valence-electron chi connectivity index (χ4n) is 2.64. The van der Waals surface area contributed by atoms with Crippen molar-refractivity contribution in [1.29, 1.82) is 0 Å². The zero-order valence-electron chi connectivity index (χ0n) is 12.1. The lowest BCUT2D eigenvalue weighted by Crippen LogP contribution is -2.55. The Labute approximate surface area is 119 Å². The standard InChI is InChI=1S/C14H22N4O2/c1-3-11(2)12(13(19)20)17-7-9-18(10-8-17)14-15-5-4-6-16-14/h4-6,11-12H,3,7-10H2,1-2H3,(H,19,20). The topological polar surface area (TPSA) is 69.6 Å². The van der Waals surface area contributed by atoms with Gasteiger partial charge in [-0.05, 0) is 12.0 Å². The van der Waals surface area contributed by atoms with Crippen molar-refractivity contribution < 1.29 is 9.90 Å². The van der Waals surface area contributed by atoms with E-state index in [0.717, 1.165) is 38.5 Å². The summed E-state index contributed by atoms with van der Waals surface area (Å²) in [4.78, 5) is 24.1. The third-order valence-corrected chi connectivity index (χ3v) is 3.98. The van der Waals surface area contributed by atoms with Gasteiger partial charge in [-0.15, -0.1) is 0 Å². The second kappa shape index (κ2) is 6.65. The minimum Gasteiger partial charge on any atom is -0.480 e. The van der Waals surface area contributed by atoms with Crippen LogP contribution >= 0.6 is 0 Å². The summed E-state index contributed by atoms with van der Waals surface area (Å²) in [6, 6.07) is 1.40. The molecule has 1 aliphatic rings. The molecule has 2 unspecified atom stereocenters. The van der Waals surface area contributed by atoms with Crippen molar-refractivity contribution in [2.45, 2.75) is 26.3 Å². The lowest BCUT2D eigenvalue weighted by Gasteiger charge is -2.39. The number of anilines is 1. The van der Waals surface area contributed by atoms with Crippen molar-refractivity contribution in [3.05, 3.63) is 18.5 Å². The van der Waals surface area contributed by atoms with E-state index in [9.17, 15) is 9.90 Å². The maximum Gasteiger partial charge on any atom is 0.321 e. The van der Waals surface area contributed by atoms with Gasteiger partial charge in [-0.3, -0.25) is 9.69 Å². The van der Waals surface area contributed by atoms with Gasteiger partial charge in [-0.25, -0.2) is 9.97 Å². The number of nitrogens with zero attached hydrogens (tertiary/aromatic N) is 4. The number of hydrogen-bond donors (Lipinski definition) is 1. The van der Waals surface area contributed by atoms with E-state index in [1.165, 1.54) is 0 Å². The molecule has 0 bridgehead atoms. The van der Waals surface area contributed by atoms with Crippen LogP contribution in [0.2, 0.25) is 0 Å². The van der Waals surface area contributed by atoms with Crippen LogP contribution in [-0.4, -0.2) is 58.2 Å². The zero-order valence-corrected chi connectivity index (χ0v) is 12.1. The lowest BCUT2D eigenvalue weighted by molar-refractivity contribution is -0.145. The average Bonchev–Trinajstić information content (AvgIpc) is 2.48. The quantitative estimate of drug-likeness (QED) is 0.869. The number of carboxylic acids is 1. The lowest BCUT2D eigenvalue weighted by atomic mass is 9.97. The van der Waals surface area contributed by atoms with E-state index < -0.39 is 5.97 Å². The van der Waals surface area contributed by atoms with Crippen molar-refractivity contribution in [3.63, 3.8) is 0 Å². The maximum absolute atomic E-state index is 11.5. The number of carboxylic acid groups (broad SMARTS) is 1. The summed E-state index contributed by atoms with van der Waals surface area (Å²) in [6.45, 7) is 7.05. The van der Waals surface area contributed by atoms with Crippen LogP contribution in [0.3, 0.4) is 0 Å². The van der Waals surface area contributed by atoms with Crippen molar-refractivity contribution in [2.24, 2.45) is 5.92 Å². The van der Waals surface area contributed by atoms with Gasteiger partial charge in [0.25, 0.3) is 0 Å². The summed E-state index contributed by atoms with van der Waals surface area (Å²) >= 11 is 0. The van der Waals surface area contributed by atoms with Gasteiger partial charge >= 0.3 is 5.97 Å². The van der Waals surface area contributed by atoms with E-state index in [4.69, 9.17) is 0 Å². The molecular formula is C14H22N4O2. The Bertz CT molecular complexity index is 432. The summed E-state index contributed by atoms with van der Waals surface area (Å²) in [5.41, 5.74) is 0. The SMILES string of the molecule is CCC(C)C(C(=O)O)N1CCN(c2ncccn2)CC1. The molecule has 0 aliphatic carbocycles. The normalized spacial score (nSPS) is 19.6. The largest absolute Gasteiger partial charge is 0.480 e. The van der Waals surface area contributed by atoms with E-state index in [1.807, 2.05) is 13.8 Å². The van der Waals surface area contributed by atoms with Crippen LogP contribution in [0.4, 0.5) is 5.95 Å². The summed E-state index contributed by atoms with van der Waals surface area (Å²) in [5, 5.41) is 9.43. The molecule has 6 heteroatoms. The zero-order chi connectivity index (χ0) is 14.5. The number of rotatable bonds is 5. The molecule has 0 spiro atoms. The number of aromatic nitrogens is 2. The van der Waals surface area contributed by atoms with Crippen molar-refractivity contribution in [3.8, 4) is 0 Å². The number of aliphatic carboxylic acids is 1. The highest BCUT2D eigenvalue weighted by Gasteiger charge is 2.32. The number of hydrogen-bond acceptors (Lipinski definition) is 5. The average molecular weight is 278 g/mol. The first-order chi connectivity index (χ1) is 9.63. The van der Waals surface area contributed by atoms with Crippen LogP contribution in [0.5, 0.6) is 0 Å². The van der Waals surface area contributed by atoms with Crippen molar-refractivity contribution >= 4 is 11.9 Å². The second-order valence-corrected chi connectivity index (χ2v) is 5.24. The van der Waals surface area contributed by atoms with Crippen LogP contribution in [0, 0.1) is 5.92 Å². The molecule has 2 atom stereocenters. The smallest absolute Gasteiger partial charge is 0.321 e. The van der Waals surface area contributed by atoms with E-state index in [2.05, 4.69) is 19.8 Å². The minimum absolute atomic E-state index is 0.159. The summed E-state index contributed by atoms with van der Waals surface area (Å²) < 4.78 is 0. The fourth-order valence-corrected chi connectivity index (χ4v) is 2.64. The van der Waals surface area contributed by atoms with E-state index in [0.29, 0.717) is 0 Å². The molecule has 1 aromatic rings. The second-order valence-electron chi connectivity index (χ2n) is 5.24. The molecule has 0 aromatic carbocycles. The molecule has 20 heavy (non-hydrogen) atoms. The highest BCUT2D eigenvalue weighted by atomic mass is 16.4. The van der Waals surface area contributed by atoms with Gasteiger partial charge in [0.2, 0.25) is 5.95 Å². The molecule has 1 aromatic heterocycles. The third-order valence-electron chi connectivity index (χ3n) is 3.98. The Balaban J connectivity index is 1.98. The molecule has 0 saturated carbocycles. The molecule has 1 aliphatic heterocycles. The first-order valence-electron chi connectivity index (χ1n) is 7.12. The van der Waals surface area contributed by atoms with Crippen LogP contribution in [-0.2, 0) is 4.79 Å². The fraction of sp³-hybridized carbons (Fsp3) is 0.643. The van der Waals surface area contributed by atoms with Gasteiger partial charge in [0, 0.05) is 38.6 Å². The highest BCUT2D eigenvalue weighted by Crippen LogP contribution is 2.18. The van der Waals surface area contributed by atoms with Gasteiger partial charge in [0.1, 0.15) is 6.04 Å². The van der Waals surface area contributed by atoms with Gasteiger partial charge < -0.3 is 10.0 Å². The number of carbonyl (C=O) groups is 1. The van der Waals surface area contributed by atoms with E-state index in [-0.39, 0.29) is 12.0 Å². The molecule has 0 radical (unpaired) electrons. The van der Waals surface area contributed by atoms with Crippen LogP contribution in [0.1, 0.15) is 20.3 Å². The Morgan fingerprint density at radius 1 is 1.30 bits per heavy atom. The summed E-state index contributed by atoms with van der Waals surface area (Å²) in [5.74, 6) is 0.165. The molecule has 2 rings (SSSR count). The third kappa shape index (κ3) is 3.25. The monoisotopic (exact) mass is 278 g/mol.